The van der Waals surface area contributed by atoms with E-state index in [0.717, 1.165) is 27.7 Å². The Kier molecular flexibility index (Phi) is 5.97. The first-order valence-electron chi connectivity index (χ1n) is 9.33. The van der Waals surface area contributed by atoms with Crippen molar-refractivity contribution in [1.82, 2.24) is 4.98 Å². The number of aromatic nitrogens is 1. The molecule has 140 valence electrons. The zero-order chi connectivity index (χ0) is 19.4. The molecule has 1 N–H and O–H groups in total. The van der Waals surface area contributed by atoms with Crippen LogP contribution >= 0.6 is 0 Å². The van der Waals surface area contributed by atoms with Crippen LogP contribution in [0, 0.1) is 12.7 Å². The van der Waals surface area contributed by atoms with Gasteiger partial charge in [-0.2, -0.15) is 0 Å². The number of ketones is 1. The molecule has 0 bridgehead atoms. The third-order valence-corrected chi connectivity index (χ3v) is 4.86. The van der Waals surface area contributed by atoms with Crippen molar-refractivity contribution in [2.24, 2.45) is 0 Å². The Morgan fingerprint density at radius 3 is 2.67 bits per heavy atom. The molecular weight excluding hydrogens is 341 g/mol. The number of benzene rings is 2. The lowest BCUT2D eigenvalue weighted by Crippen LogP contribution is -2.10. The molecular formula is C23H24FNO2. The smallest absolute Gasteiger partial charge is 0.137 e. The van der Waals surface area contributed by atoms with E-state index in [-0.39, 0.29) is 11.6 Å². The molecule has 0 aliphatic rings. The van der Waals surface area contributed by atoms with Gasteiger partial charge < -0.3 is 5.11 Å². The highest BCUT2D eigenvalue weighted by atomic mass is 19.1. The molecule has 1 unspecified atom stereocenters. The summed E-state index contributed by atoms with van der Waals surface area (Å²) in [5.74, 6) is -0.168. The molecule has 0 fully saturated rings. The van der Waals surface area contributed by atoms with E-state index in [1.54, 1.807) is 12.1 Å². The van der Waals surface area contributed by atoms with Crippen LogP contribution in [0.2, 0.25) is 0 Å². The first kappa shape index (κ1) is 19.2. The number of carbonyl (C=O) groups is 1. The Hall–Kier alpha value is -2.59. The van der Waals surface area contributed by atoms with Crippen molar-refractivity contribution < 1.29 is 14.3 Å². The monoisotopic (exact) mass is 365 g/mol. The minimum Gasteiger partial charge on any atom is -0.393 e. The number of pyridine rings is 1. The number of hydrogen-bond donors (Lipinski definition) is 1. The van der Waals surface area contributed by atoms with E-state index in [2.05, 4.69) is 4.98 Å². The van der Waals surface area contributed by atoms with Gasteiger partial charge in [0.05, 0.1) is 11.6 Å². The topological polar surface area (TPSA) is 50.2 Å². The number of nitrogens with zero attached hydrogens (tertiary/aromatic N) is 1. The zero-order valence-electron chi connectivity index (χ0n) is 15.7. The number of Topliss-reactive ketones (excluding diaryl/α,β-unsaturated/α-hetero) is 1. The standard InChI is InChI=1S/C23H24FNO2/c1-3-18(26)9-10-19(27)13-16-8-11-23-17(12-16)14-21(15(2)25-23)20-6-4-5-7-22(20)24/h4-8,11-12,14,18,26H,3,9-10,13H2,1-2H3. The lowest BCUT2D eigenvalue weighted by atomic mass is 9.98. The predicted octanol–water partition coefficient (Wildman–Crippen LogP) is 5.01. The fourth-order valence-electron chi connectivity index (χ4n) is 3.23. The lowest BCUT2D eigenvalue weighted by Gasteiger charge is -2.10. The molecule has 1 atom stereocenters. The summed E-state index contributed by atoms with van der Waals surface area (Å²) in [5, 5.41) is 10.5. The average Bonchev–Trinajstić information content (AvgIpc) is 2.66. The second-order valence-electron chi connectivity index (χ2n) is 6.94. The molecule has 0 saturated carbocycles. The Balaban J connectivity index is 1.87. The van der Waals surface area contributed by atoms with Gasteiger partial charge in [0.15, 0.2) is 0 Å². The van der Waals surface area contributed by atoms with Crippen LogP contribution in [0.5, 0.6) is 0 Å². The van der Waals surface area contributed by atoms with Crippen LogP contribution in [0.4, 0.5) is 4.39 Å². The van der Waals surface area contributed by atoms with E-state index >= 15 is 0 Å². The Labute approximate surface area is 158 Å². The van der Waals surface area contributed by atoms with Gasteiger partial charge in [-0.15, -0.1) is 0 Å². The van der Waals surface area contributed by atoms with Gasteiger partial charge in [-0.05, 0) is 49.6 Å². The second-order valence-corrected chi connectivity index (χ2v) is 6.94. The van der Waals surface area contributed by atoms with Crippen LogP contribution in [-0.4, -0.2) is 22.0 Å². The van der Waals surface area contributed by atoms with E-state index in [9.17, 15) is 14.3 Å². The molecule has 0 aliphatic carbocycles. The number of aliphatic hydroxyl groups is 1. The minimum absolute atomic E-state index is 0.108. The van der Waals surface area contributed by atoms with Crippen LogP contribution in [0.3, 0.4) is 0 Å². The van der Waals surface area contributed by atoms with Crippen molar-refractivity contribution in [3.63, 3.8) is 0 Å². The van der Waals surface area contributed by atoms with Gasteiger partial charge in [0.1, 0.15) is 11.6 Å². The number of carbonyl (C=O) groups excluding carboxylic acids is 1. The molecule has 0 radical (unpaired) electrons. The fourth-order valence-corrected chi connectivity index (χ4v) is 3.23. The maximum atomic E-state index is 14.2. The molecule has 4 heteroatoms. The first-order chi connectivity index (χ1) is 13.0. The maximum absolute atomic E-state index is 14.2. The molecule has 1 heterocycles. The quantitative estimate of drug-likeness (QED) is 0.640. The molecule has 1 aromatic heterocycles. The molecule has 0 aliphatic heterocycles. The van der Waals surface area contributed by atoms with Crippen LogP contribution < -0.4 is 0 Å². The molecule has 3 aromatic rings. The summed E-state index contributed by atoms with van der Waals surface area (Å²) in [6.45, 7) is 3.78. The summed E-state index contributed by atoms with van der Waals surface area (Å²) in [4.78, 5) is 16.8. The normalized spacial score (nSPS) is 12.3. The molecule has 2 aromatic carbocycles. The van der Waals surface area contributed by atoms with Gasteiger partial charge in [0.25, 0.3) is 0 Å². The van der Waals surface area contributed by atoms with Gasteiger partial charge in [-0.3, -0.25) is 9.78 Å². The van der Waals surface area contributed by atoms with Gasteiger partial charge >= 0.3 is 0 Å². The number of rotatable bonds is 7. The summed E-state index contributed by atoms with van der Waals surface area (Å²) < 4.78 is 14.2. The van der Waals surface area contributed by atoms with Crippen LogP contribution in [0.1, 0.15) is 37.4 Å². The van der Waals surface area contributed by atoms with E-state index in [1.807, 2.05) is 44.2 Å². The number of halogens is 1. The van der Waals surface area contributed by atoms with Crippen molar-refractivity contribution in [1.29, 1.82) is 0 Å². The van der Waals surface area contributed by atoms with E-state index in [1.165, 1.54) is 6.07 Å². The van der Waals surface area contributed by atoms with Crippen LogP contribution in [0.15, 0.2) is 48.5 Å². The lowest BCUT2D eigenvalue weighted by molar-refractivity contribution is -0.119. The van der Waals surface area contributed by atoms with Crippen LogP contribution in [-0.2, 0) is 11.2 Å². The van der Waals surface area contributed by atoms with Gasteiger partial charge in [-0.25, -0.2) is 4.39 Å². The van der Waals surface area contributed by atoms with Crippen molar-refractivity contribution >= 4 is 16.7 Å². The molecule has 3 rings (SSSR count). The summed E-state index contributed by atoms with van der Waals surface area (Å²) >= 11 is 0. The number of aryl methyl sites for hydroxylation is 1. The van der Waals surface area contributed by atoms with E-state index < -0.39 is 6.10 Å². The molecule has 27 heavy (non-hydrogen) atoms. The highest BCUT2D eigenvalue weighted by Crippen LogP contribution is 2.28. The Bertz CT molecular complexity index is 968. The summed E-state index contributed by atoms with van der Waals surface area (Å²) in [7, 11) is 0. The highest BCUT2D eigenvalue weighted by Gasteiger charge is 2.12. The fraction of sp³-hybridized carbons (Fsp3) is 0.304. The third kappa shape index (κ3) is 4.58. The number of fused-ring (bicyclic) bond motifs is 1. The average molecular weight is 365 g/mol. The summed E-state index contributed by atoms with van der Waals surface area (Å²) in [5.41, 5.74) is 3.79. The SMILES string of the molecule is CCC(O)CCC(=O)Cc1ccc2nc(C)c(-c3ccccc3F)cc2c1. The summed E-state index contributed by atoms with van der Waals surface area (Å²) in [6, 6.07) is 14.4. The first-order valence-corrected chi connectivity index (χ1v) is 9.33. The minimum atomic E-state index is -0.416. The maximum Gasteiger partial charge on any atom is 0.137 e. The molecule has 3 nitrogen and oxygen atoms in total. The molecule has 0 saturated heterocycles. The Morgan fingerprint density at radius 2 is 1.93 bits per heavy atom. The van der Waals surface area contributed by atoms with Gasteiger partial charge in [0, 0.05) is 35.0 Å². The Morgan fingerprint density at radius 1 is 1.15 bits per heavy atom. The summed E-state index contributed by atoms with van der Waals surface area (Å²) in [6.07, 6.45) is 1.45. The largest absolute Gasteiger partial charge is 0.393 e. The van der Waals surface area contributed by atoms with Crippen molar-refractivity contribution in [2.45, 2.75) is 45.6 Å². The predicted molar refractivity (Wildman–Crippen MR) is 106 cm³/mol. The number of hydrogen-bond acceptors (Lipinski definition) is 3. The third-order valence-electron chi connectivity index (χ3n) is 4.86. The van der Waals surface area contributed by atoms with E-state index in [4.69, 9.17) is 0 Å². The van der Waals surface area contributed by atoms with Crippen molar-refractivity contribution in [3.8, 4) is 11.1 Å². The van der Waals surface area contributed by atoms with Crippen molar-refractivity contribution in [3.05, 3.63) is 65.6 Å². The van der Waals surface area contributed by atoms with Gasteiger partial charge in [-0.1, -0.05) is 31.2 Å². The van der Waals surface area contributed by atoms with Crippen LogP contribution in [0.25, 0.3) is 22.0 Å². The van der Waals surface area contributed by atoms with Crippen molar-refractivity contribution in [2.75, 3.05) is 0 Å². The van der Waals surface area contributed by atoms with Gasteiger partial charge in [0.2, 0.25) is 0 Å². The molecule has 0 spiro atoms. The number of aliphatic hydroxyl groups excluding tert-OH is 1. The van der Waals surface area contributed by atoms with E-state index in [0.29, 0.717) is 31.2 Å². The molecule has 0 amide bonds. The zero-order valence-corrected chi connectivity index (χ0v) is 15.7. The highest BCUT2D eigenvalue weighted by molar-refractivity contribution is 5.87. The second kappa shape index (κ2) is 8.40.